The van der Waals surface area contributed by atoms with E-state index in [4.69, 9.17) is 0 Å². The number of rotatable bonds is 5. The van der Waals surface area contributed by atoms with Gasteiger partial charge in [0.05, 0.1) is 0 Å². The molecule has 2 nitrogen and oxygen atoms in total. The van der Waals surface area contributed by atoms with Crippen LogP contribution in [0.2, 0.25) is 0 Å². The second-order valence-electron chi connectivity index (χ2n) is 6.07. The summed E-state index contributed by atoms with van der Waals surface area (Å²) in [6, 6.07) is 0.698. The molecule has 2 heteroatoms. The van der Waals surface area contributed by atoms with Gasteiger partial charge < -0.3 is 5.32 Å². The molecule has 2 rings (SSSR count). The van der Waals surface area contributed by atoms with Gasteiger partial charge in [-0.3, -0.25) is 4.90 Å². The normalized spacial score (nSPS) is 25.7. The largest absolute Gasteiger partial charge is 0.312 e. The maximum absolute atomic E-state index is 3.76. The van der Waals surface area contributed by atoms with Crippen molar-refractivity contribution in [3.05, 3.63) is 0 Å². The monoisotopic (exact) mass is 224 g/mol. The van der Waals surface area contributed by atoms with Crippen LogP contribution < -0.4 is 5.32 Å². The van der Waals surface area contributed by atoms with Gasteiger partial charge in [0, 0.05) is 11.6 Å². The molecule has 1 N–H and O–H groups in total. The van der Waals surface area contributed by atoms with Crippen LogP contribution in [-0.4, -0.2) is 36.1 Å². The van der Waals surface area contributed by atoms with Gasteiger partial charge in [-0.15, -0.1) is 0 Å². The quantitative estimate of drug-likeness (QED) is 0.772. The molecule has 1 aliphatic carbocycles. The second kappa shape index (κ2) is 5.05. The van der Waals surface area contributed by atoms with E-state index in [0.717, 1.165) is 12.5 Å². The molecule has 0 amide bonds. The van der Waals surface area contributed by atoms with Gasteiger partial charge in [0.25, 0.3) is 0 Å². The molecule has 94 valence electrons. The summed E-state index contributed by atoms with van der Waals surface area (Å²) >= 11 is 0. The van der Waals surface area contributed by atoms with E-state index >= 15 is 0 Å². The Morgan fingerprint density at radius 2 is 1.81 bits per heavy atom. The average molecular weight is 224 g/mol. The summed E-state index contributed by atoms with van der Waals surface area (Å²) in [7, 11) is 0. The van der Waals surface area contributed by atoms with Crippen LogP contribution in [0.1, 0.15) is 52.9 Å². The van der Waals surface area contributed by atoms with Crippen LogP contribution in [0.4, 0.5) is 0 Å². The standard InChI is InChI=1S/C14H28N2/c1-4-15-13(12-8-7-9-12)14(2,3)16-10-5-6-11-16/h12-13,15H,4-11H2,1-3H3. The van der Waals surface area contributed by atoms with E-state index in [1.54, 1.807) is 0 Å². The van der Waals surface area contributed by atoms with Crippen molar-refractivity contribution in [3.63, 3.8) is 0 Å². The summed E-state index contributed by atoms with van der Waals surface area (Å²) in [5.74, 6) is 0.926. The molecule has 1 unspecified atom stereocenters. The summed E-state index contributed by atoms with van der Waals surface area (Å²) in [6.45, 7) is 10.9. The summed E-state index contributed by atoms with van der Waals surface area (Å²) in [4.78, 5) is 2.71. The van der Waals surface area contributed by atoms with E-state index < -0.39 is 0 Å². The first-order valence-electron chi connectivity index (χ1n) is 7.14. The van der Waals surface area contributed by atoms with Crippen LogP contribution >= 0.6 is 0 Å². The van der Waals surface area contributed by atoms with Gasteiger partial charge in [0.2, 0.25) is 0 Å². The fraction of sp³-hybridized carbons (Fsp3) is 1.00. The van der Waals surface area contributed by atoms with Gasteiger partial charge in [-0.2, -0.15) is 0 Å². The highest BCUT2D eigenvalue weighted by molar-refractivity contribution is 5.00. The highest BCUT2D eigenvalue weighted by atomic mass is 15.2. The summed E-state index contributed by atoms with van der Waals surface area (Å²) < 4.78 is 0. The van der Waals surface area contributed by atoms with Gasteiger partial charge in [0.15, 0.2) is 0 Å². The Kier molecular flexibility index (Phi) is 3.91. The average Bonchev–Trinajstić information content (AvgIpc) is 2.67. The molecule has 1 heterocycles. The molecule has 2 fully saturated rings. The van der Waals surface area contributed by atoms with Crippen molar-refractivity contribution in [3.8, 4) is 0 Å². The van der Waals surface area contributed by atoms with Crippen molar-refractivity contribution in [2.75, 3.05) is 19.6 Å². The predicted octanol–water partition coefficient (Wildman–Crippen LogP) is 2.64. The highest BCUT2D eigenvalue weighted by Crippen LogP contribution is 2.37. The molecule has 16 heavy (non-hydrogen) atoms. The van der Waals surface area contributed by atoms with E-state index in [9.17, 15) is 0 Å². The SMILES string of the molecule is CCNC(C1CCC1)C(C)(C)N1CCCC1. The molecular formula is C14H28N2. The summed E-state index contributed by atoms with van der Waals surface area (Å²) in [5.41, 5.74) is 0.345. The van der Waals surface area contributed by atoms with E-state index in [1.807, 2.05) is 0 Å². The maximum Gasteiger partial charge on any atom is 0.0308 e. The molecule has 0 bridgehead atoms. The van der Waals surface area contributed by atoms with Gasteiger partial charge in [0.1, 0.15) is 0 Å². The Bertz CT molecular complexity index is 215. The lowest BCUT2D eigenvalue weighted by molar-refractivity contribution is 0.0535. The Hall–Kier alpha value is -0.0800. The lowest BCUT2D eigenvalue weighted by atomic mass is 9.72. The summed E-state index contributed by atoms with van der Waals surface area (Å²) in [5, 5.41) is 3.76. The van der Waals surface area contributed by atoms with Crippen LogP contribution in [0.15, 0.2) is 0 Å². The third kappa shape index (κ3) is 2.28. The lowest BCUT2D eigenvalue weighted by Gasteiger charge is -2.48. The lowest BCUT2D eigenvalue weighted by Crippen LogP contribution is -2.60. The molecule has 0 aromatic rings. The van der Waals surface area contributed by atoms with Gasteiger partial charge in [-0.25, -0.2) is 0 Å². The molecule has 1 saturated carbocycles. The molecule has 1 atom stereocenters. The highest BCUT2D eigenvalue weighted by Gasteiger charge is 2.41. The van der Waals surface area contributed by atoms with Gasteiger partial charge in [-0.1, -0.05) is 13.3 Å². The Balaban J connectivity index is 2.03. The van der Waals surface area contributed by atoms with Crippen LogP contribution in [0.5, 0.6) is 0 Å². The van der Waals surface area contributed by atoms with Crippen molar-refractivity contribution >= 4 is 0 Å². The maximum atomic E-state index is 3.76. The summed E-state index contributed by atoms with van der Waals surface area (Å²) in [6.07, 6.45) is 7.12. The van der Waals surface area contributed by atoms with Crippen LogP contribution in [0.3, 0.4) is 0 Å². The molecule has 1 saturated heterocycles. The molecule has 0 aromatic carbocycles. The van der Waals surface area contributed by atoms with Crippen molar-refractivity contribution < 1.29 is 0 Å². The Morgan fingerprint density at radius 3 is 2.25 bits per heavy atom. The minimum Gasteiger partial charge on any atom is -0.312 e. The zero-order valence-corrected chi connectivity index (χ0v) is 11.3. The Labute approximate surface area is 101 Å². The number of nitrogens with one attached hydrogen (secondary N) is 1. The third-order valence-electron chi connectivity index (χ3n) is 4.73. The topological polar surface area (TPSA) is 15.3 Å². The smallest absolute Gasteiger partial charge is 0.0308 e. The van der Waals surface area contributed by atoms with Crippen LogP contribution in [0.25, 0.3) is 0 Å². The molecule has 1 aliphatic heterocycles. The van der Waals surface area contributed by atoms with E-state index in [1.165, 1.54) is 45.2 Å². The predicted molar refractivity (Wildman–Crippen MR) is 69.7 cm³/mol. The first-order chi connectivity index (χ1) is 7.66. The number of likely N-dealkylation sites (tertiary alicyclic amines) is 1. The number of hydrogen-bond acceptors (Lipinski definition) is 2. The molecule has 0 aromatic heterocycles. The second-order valence-corrected chi connectivity index (χ2v) is 6.07. The van der Waals surface area contributed by atoms with Crippen molar-refractivity contribution in [2.45, 2.75) is 64.5 Å². The van der Waals surface area contributed by atoms with E-state index in [0.29, 0.717) is 11.6 Å². The zero-order valence-electron chi connectivity index (χ0n) is 11.3. The number of likely N-dealkylation sites (N-methyl/N-ethyl adjacent to an activating group) is 1. The minimum atomic E-state index is 0.345. The molecular weight excluding hydrogens is 196 g/mol. The number of hydrogen-bond donors (Lipinski definition) is 1. The van der Waals surface area contributed by atoms with Crippen molar-refractivity contribution in [1.82, 2.24) is 10.2 Å². The molecule has 0 spiro atoms. The first-order valence-corrected chi connectivity index (χ1v) is 7.14. The van der Waals surface area contributed by atoms with E-state index in [-0.39, 0.29) is 0 Å². The van der Waals surface area contributed by atoms with E-state index in [2.05, 4.69) is 31.0 Å². The Morgan fingerprint density at radius 1 is 1.19 bits per heavy atom. The fourth-order valence-corrected chi connectivity index (χ4v) is 3.48. The van der Waals surface area contributed by atoms with Gasteiger partial charge in [-0.05, 0) is 65.1 Å². The fourth-order valence-electron chi connectivity index (χ4n) is 3.48. The first kappa shape index (κ1) is 12.4. The molecule has 2 aliphatic rings. The van der Waals surface area contributed by atoms with Crippen LogP contribution in [-0.2, 0) is 0 Å². The number of nitrogens with zero attached hydrogens (tertiary/aromatic N) is 1. The zero-order chi connectivity index (χ0) is 11.6. The van der Waals surface area contributed by atoms with Gasteiger partial charge >= 0.3 is 0 Å². The molecule has 0 radical (unpaired) electrons. The third-order valence-corrected chi connectivity index (χ3v) is 4.73. The van der Waals surface area contributed by atoms with Crippen LogP contribution in [0, 0.1) is 5.92 Å². The van der Waals surface area contributed by atoms with Crippen molar-refractivity contribution in [1.29, 1.82) is 0 Å². The van der Waals surface area contributed by atoms with Crippen molar-refractivity contribution in [2.24, 2.45) is 5.92 Å². The minimum absolute atomic E-state index is 0.345.